The molecule has 0 aliphatic heterocycles. The van der Waals surface area contributed by atoms with Crippen LogP contribution in [0.25, 0.3) is 5.57 Å². The average molecular weight is 240 g/mol. The van der Waals surface area contributed by atoms with Gasteiger partial charge in [-0.25, -0.2) is 0 Å². The molecule has 1 aromatic carbocycles. The summed E-state index contributed by atoms with van der Waals surface area (Å²) in [6.07, 6.45) is 9.93. The third kappa shape index (κ3) is 1.69. The number of allylic oxidation sites excluding steroid dienone is 4. The van der Waals surface area contributed by atoms with Crippen molar-refractivity contribution in [2.75, 3.05) is 7.11 Å². The molecule has 0 spiro atoms. The Morgan fingerprint density at radius 2 is 1.83 bits per heavy atom. The van der Waals surface area contributed by atoms with E-state index in [1.54, 1.807) is 12.7 Å². The number of hydrogen-bond acceptors (Lipinski definition) is 1. The van der Waals surface area contributed by atoms with Gasteiger partial charge in [0.15, 0.2) is 0 Å². The molecule has 0 bridgehead atoms. The van der Waals surface area contributed by atoms with Gasteiger partial charge in [0.25, 0.3) is 0 Å². The molecule has 3 rings (SSSR count). The third-order valence-corrected chi connectivity index (χ3v) is 4.53. The van der Waals surface area contributed by atoms with Gasteiger partial charge in [-0.15, -0.1) is 0 Å². The molecule has 18 heavy (non-hydrogen) atoms. The topological polar surface area (TPSA) is 9.23 Å². The Morgan fingerprint density at radius 1 is 1.06 bits per heavy atom. The fourth-order valence-corrected chi connectivity index (χ4v) is 3.36. The zero-order chi connectivity index (χ0) is 12.6. The van der Waals surface area contributed by atoms with Crippen molar-refractivity contribution in [3.8, 4) is 5.75 Å². The summed E-state index contributed by atoms with van der Waals surface area (Å²) < 4.78 is 5.23. The summed E-state index contributed by atoms with van der Waals surface area (Å²) >= 11 is 0. The molecule has 0 N–H and O–H groups in total. The van der Waals surface area contributed by atoms with Crippen LogP contribution in [-0.4, -0.2) is 7.11 Å². The third-order valence-electron chi connectivity index (χ3n) is 4.53. The molecule has 2 aliphatic rings. The number of hydrogen-bond donors (Lipinski definition) is 0. The zero-order valence-electron chi connectivity index (χ0n) is 11.2. The minimum absolute atomic E-state index is 0.285. The minimum Gasteiger partial charge on any atom is -0.497 e. The molecule has 0 amide bonds. The molecule has 1 fully saturated rings. The molecule has 1 atom stereocenters. The van der Waals surface area contributed by atoms with Crippen LogP contribution in [0.4, 0.5) is 0 Å². The van der Waals surface area contributed by atoms with E-state index in [1.807, 2.05) is 0 Å². The second-order valence-corrected chi connectivity index (χ2v) is 5.54. The van der Waals surface area contributed by atoms with E-state index >= 15 is 0 Å². The standard InChI is InChI=1S/C17H20O/c1-17-12-4-3-5-14(17)8-11-16(17)13-6-9-15(18-2)10-7-13/h6-11H,3-5,12H2,1-2H3. The maximum Gasteiger partial charge on any atom is 0.118 e. The maximum absolute atomic E-state index is 5.23. The van der Waals surface area contributed by atoms with Crippen molar-refractivity contribution in [1.29, 1.82) is 0 Å². The summed E-state index contributed by atoms with van der Waals surface area (Å²) in [7, 11) is 1.71. The molecule has 1 aromatic rings. The largest absolute Gasteiger partial charge is 0.497 e. The highest BCUT2D eigenvalue weighted by atomic mass is 16.5. The first-order chi connectivity index (χ1) is 8.74. The van der Waals surface area contributed by atoms with Crippen LogP contribution < -0.4 is 4.74 Å². The molecular weight excluding hydrogens is 220 g/mol. The smallest absolute Gasteiger partial charge is 0.118 e. The van der Waals surface area contributed by atoms with Gasteiger partial charge in [-0.2, -0.15) is 0 Å². The first kappa shape index (κ1) is 11.6. The van der Waals surface area contributed by atoms with E-state index < -0.39 is 0 Å². The van der Waals surface area contributed by atoms with Crippen LogP contribution in [0.2, 0.25) is 0 Å². The van der Waals surface area contributed by atoms with Crippen molar-refractivity contribution in [2.24, 2.45) is 5.41 Å². The summed E-state index contributed by atoms with van der Waals surface area (Å²) in [5.41, 5.74) is 4.73. The van der Waals surface area contributed by atoms with Crippen LogP contribution in [0, 0.1) is 5.41 Å². The Morgan fingerprint density at radius 3 is 2.56 bits per heavy atom. The summed E-state index contributed by atoms with van der Waals surface area (Å²) in [6.45, 7) is 2.40. The van der Waals surface area contributed by atoms with E-state index in [4.69, 9.17) is 4.74 Å². The van der Waals surface area contributed by atoms with Crippen molar-refractivity contribution >= 4 is 5.57 Å². The lowest BCUT2D eigenvalue weighted by atomic mass is 9.68. The van der Waals surface area contributed by atoms with Crippen molar-refractivity contribution in [3.63, 3.8) is 0 Å². The van der Waals surface area contributed by atoms with Gasteiger partial charge >= 0.3 is 0 Å². The Labute approximate surface area is 109 Å². The molecule has 2 aliphatic carbocycles. The fraction of sp³-hybridized carbons (Fsp3) is 0.412. The quantitative estimate of drug-likeness (QED) is 0.734. The highest BCUT2D eigenvalue weighted by Gasteiger charge is 2.37. The van der Waals surface area contributed by atoms with E-state index in [0.717, 1.165) is 5.75 Å². The van der Waals surface area contributed by atoms with E-state index in [1.165, 1.54) is 36.8 Å². The van der Waals surface area contributed by atoms with Crippen molar-refractivity contribution in [3.05, 3.63) is 47.6 Å². The Balaban J connectivity index is 1.93. The van der Waals surface area contributed by atoms with Crippen molar-refractivity contribution in [2.45, 2.75) is 32.6 Å². The summed E-state index contributed by atoms with van der Waals surface area (Å²) in [5, 5.41) is 0. The minimum atomic E-state index is 0.285. The monoisotopic (exact) mass is 240 g/mol. The first-order valence-electron chi connectivity index (χ1n) is 6.80. The van der Waals surface area contributed by atoms with Gasteiger partial charge in [-0.3, -0.25) is 0 Å². The predicted molar refractivity (Wildman–Crippen MR) is 75.6 cm³/mol. The Bertz CT molecular complexity index is 507. The fourth-order valence-electron chi connectivity index (χ4n) is 3.36. The van der Waals surface area contributed by atoms with Crippen LogP contribution >= 0.6 is 0 Å². The van der Waals surface area contributed by atoms with Gasteiger partial charge < -0.3 is 4.74 Å². The zero-order valence-corrected chi connectivity index (χ0v) is 11.2. The lowest BCUT2D eigenvalue weighted by Gasteiger charge is -2.36. The van der Waals surface area contributed by atoms with Gasteiger partial charge in [-0.1, -0.05) is 43.2 Å². The van der Waals surface area contributed by atoms with Crippen LogP contribution in [0.1, 0.15) is 38.2 Å². The van der Waals surface area contributed by atoms with Gasteiger partial charge in [0.1, 0.15) is 5.75 Å². The summed E-state index contributed by atoms with van der Waals surface area (Å²) in [5.74, 6) is 0.930. The molecule has 1 saturated carbocycles. The maximum atomic E-state index is 5.23. The highest BCUT2D eigenvalue weighted by Crippen LogP contribution is 2.53. The Kier molecular flexibility index (Phi) is 2.77. The van der Waals surface area contributed by atoms with E-state index in [-0.39, 0.29) is 5.41 Å². The van der Waals surface area contributed by atoms with Gasteiger partial charge in [-0.05, 0) is 42.5 Å². The number of fused-ring (bicyclic) bond motifs is 1. The highest BCUT2D eigenvalue weighted by molar-refractivity contribution is 5.78. The molecular formula is C17H20O. The number of rotatable bonds is 2. The summed E-state index contributed by atoms with van der Waals surface area (Å²) in [6, 6.07) is 8.48. The molecule has 1 unspecified atom stereocenters. The molecule has 94 valence electrons. The second-order valence-electron chi connectivity index (χ2n) is 5.54. The van der Waals surface area contributed by atoms with E-state index in [0.29, 0.717) is 0 Å². The van der Waals surface area contributed by atoms with Crippen LogP contribution in [0.15, 0.2) is 42.0 Å². The van der Waals surface area contributed by atoms with E-state index in [2.05, 4.69) is 43.3 Å². The van der Waals surface area contributed by atoms with Crippen LogP contribution in [-0.2, 0) is 0 Å². The van der Waals surface area contributed by atoms with Gasteiger partial charge in [0.05, 0.1) is 7.11 Å². The number of methoxy groups -OCH3 is 1. The SMILES string of the molecule is COc1ccc(C2=CC=C3CCCCC32C)cc1. The van der Waals surface area contributed by atoms with Crippen molar-refractivity contribution < 1.29 is 4.74 Å². The molecule has 0 aromatic heterocycles. The van der Waals surface area contributed by atoms with E-state index in [9.17, 15) is 0 Å². The molecule has 1 nitrogen and oxygen atoms in total. The summed E-state index contributed by atoms with van der Waals surface area (Å²) in [4.78, 5) is 0. The lowest BCUT2D eigenvalue weighted by molar-refractivity contribution is 0.400. The molecule has 0 heterocycles. The normalized spacial score (nSPS) is 26.3. The van der Waals surface area contributed by atoms with Crippen molar-refractivity contribution in [1.82, 2.24) is 0 Å². The molecule has 1 heteroatoms. The first-order valence-corrected chi connectivity index (χ1v) is 6.80. The van der Waals surface area contributed by atoms with Crippen LogP contribution in [0.3, 0.4) is 0 Å². The van der Waals surface area contributed by atoms with Crippen LogP contribution in [0.5, 0.6) is 5.75 Å². The molecule has 0 saturated heterocycles. The Hall–Kier alpha value is -1.50. The second kappa shape index (κ2) is 4.31. The molecule has 0 radical (unpaired) electrons. The lowest BCUT2D eigenvalue weighted by Crippen LogP contribution is -2.22. The van der Waals surface area contributed by atoms with Gasteiger partial charge in [0, 0.05) is 5.41 Å². The average Bonchev–Trinajstić information content (AvgIpc) is 2.76. The predicted octanol–water partition coefficient (Wildman–Crippen LogP) is 4.60. The number of ether oxygens (including phenoxy) is 1. The van der Waals surface area contributed by atoms with Gasteiger partial charge in [0.2, 0.25) is 0 Å². The number of benzene rings is 1.